The van der Waals surface area contributed by atoms with Gasteiger partial charge in [0.15, 0.2) is 0 Å². The molecule has 0 spiro atoms. The third-order valence-corrected chi connectivity index (χ3v) is 4.58. The molecule has 0 aromatic heterocycles. The smallest absolute Gasteiger partial charge is 0.0501 e. The van der Waals surface area contributed by atoms with Crippen molar-refractivity contribution in [2.75, 3.05) is 38.6 Å². The minimum Gasteiger partial charge on any atom is -0.369 e. The first-order valence-corrected chi connectivity index (χ1v) is 7.18. The first kappa shape index (κ1) is 14.4. The van der Waals surface area contributed by atoms with Crippen molar-refractivity contribution in [3.63, 3.8) is 0 Å². The Kier molecular flexibility index (Phi) is 4.16. The van der Waals surface area contributed by atoms with Crippen LogP contribution in [0.25, 0.3) is 0 Å². The molecule has 0 bridgehead atoms. The van der Waals surface area contributed by atoms with Crippen LogP contribution in [0, 0.1) is 13.8 Å². The summed E-state index contributed by atoms with van der Waals surface area (Å²) in [6.07, 6.45) is 2.40. The topological polar surface area (TPSA) is 32.5 Å². The van der Waals surface area contributed by atoms with Gasteiger partial charge in [-0.25, -0.2) is 0 Å². The second kappa shape index (κ2) is 5.51. The lowest BCUT2D eigenvalue weighted by Gasteiger charge is -2.47. The van der Waals surface area contributed by atoms with E-state index in [1.165, 1.54) is 29.7 Å². The van der Waals surface area contributed by atoms with Gasteiger partial charge in [-0.3, -0.25) is 0 Å². The molecule has 1 aromatic carbocycles. The van der Waals surface area contributed by atoms with E-state index in [-0.39, 0.29) is 5.54 Å². The second-order valence-corrected chi connectivity index (χ2v) is 6.14. The molecule has 1 heterocycles. The molecule has 1 unspecified atom stereocenters. The number of anilines is 1. The molecule has 1 fully saturated rings. The van der Waals surface area contributed by atoms with Gasteiger partial charge in [-0.05, 0) is 52.4 Å². The van der Waals surface area contributed by atoms with Crippen molar-refractivity contribution in [2.24, 2.45) is 5.73 Å². The molecular weight excluding hydrogens is 234 g/mol. The van der Waals surface area contributed by atoms with E-state index in [9.17, 15) is 0 Å². The zero-order chi connectivity index (χ0) is 14.0. The van der Waals surface area contributed by atoms with Crippen LogP contribution in [-0.4, -0.2) is 44.2 Å². The van der Waals surface area contributed by atoms with Gasteiger partial charge in [0.05, 0.1) is 5.54 Å². The molecule has 1 aromatic rings. The summed E-state index contributed by atoms with van der Waals surface area (Å²) in [5.74, 6) is 0. The SMILES string of the molecule is Cc1ccc(N2CCCC(CN)(N(C)C)C2)c(C)c1. The largest absolute Gasteiger partial charge is 0.369 e. The number of likely N-dealkylation sites (N-methyl/N-ethyl adjacent to an activating group) is 1. The number of hydrogen-bond donors (Lipinski definition) is 1. The molecule has 2 N–H and O–H groups in total. The van der Waals surface area contributed by atoms with Crippen LogP contribution in [0.2, 0.25) is 0 Å². The van der Waals surface area contributed by atoms with Crippen molar-refractivity contribution in [3.8, 4) is 0 Å². The molecule has 3 nitrogen and oxygen atoms in total. The van der Waals surface area contributed by atoms with Gasteiger partial charge in [-0.1, -0.05) is 17.7 Å². The third kappa shape index (κ3) is 2.77. The molecule has 1 saturated heterocycles. The van der Waals surface area contributed by atoms with Gasteiger partial charge >= 0.3 is 0 Å². The van der Waals surface area contributed by atoms with E-state index in [4.69, 9.17) is 5.73 Å². The highest BCUT2D eigenvalue weighted by Crippen LogP contribution is 2.30. The highest BCUT2D eigenvalue weighted by molar-refractivity contribution is 5.55. The Balaban J connectivity index is 2.26. The van der Waals surface area contributed by atoms with Crippen molar-refractivity contribution in [1.29, 1.82) is 0 Å². The van der Waals surface area contributed by atoms with Gasteiger partial charge in [0.2, 0.25) is 0 Å². The van der Waals surface area contributed by atoms with Gasteiger partial charge in [0.25, 0.3) is 0 Å². The zero-order valence-corrected chi connectivity index (χ0v) is 12.7. The lowest BCUT2D eigenvalue weighted by Crippen LogP contribution is -2.60. The normalized spacial score (nSPS) is 24.0. The molecule has 19 heavy (non-hydrogen) atoms. The van der Waals surface area contributed by atoms with Crippen LogP contribution >= 0.6 is 0 Å². The maximum Gasteiger partial charge on any atom is 0.0501 e. The Hall–Kier alpha value is -1.06. The summed E-state index contributed by atoms with van der Waals surface area (Å²) in [6, 6.07) is 6.73. The lowest BCUT2D eigenvalue weighted by molar-refractivity contribution is 0.135. The van der Waals surface area contributed by atoms with Crippen LogP contribution in [0.5, 0.6) is 0 Å². The average Bonchev–Trinajstić information content (AvgIpc) is 2.38. The van der Waals surface area contributed by atoms with E-state index in [0.29, 0.717) is 0 Å². The fourth-order valence-corrected chi connectivity index (χ4v) is 3.19. The van der Waals surface area contributed by atoms with E-state index in [1.54, 1.807) is 0 Å². The standard InChI is InChI=1S/C16H27N3/c1-13-6-7-15(14(2)10-13)19-9-5-8-16(11-17,12-19)18(3)4/h6-7,10H,5,8-9,11-12,17H2,1-4H3. The summed E-state index contributed by atoms with van der Waals surface area (Å²) < 4.78 is 0. The minimum absolute atomic E-state index is 0.121. The Labute approximate surface area is 117 Å². The number of nitrogens with two attached hydrogens (primary N) is 1. The molecule has 0 radical (unpaired) electrons. The number of aryl methyl sites for hydroxylation is 2. The van der Waals surface area contributed by atoms with Crippen LogP contribution in [0.15, 0.2) is 18.2 Å². The van der Waals surface area contributed by atoms with E-state index in [0.717, 1.165) is 19.6 Å². The molecule has 0 aliphatic carbocycles. The average molecular weight is 261 g/mol. The van der Waals surface area contributed by atoms with E-state index < -0.39 is 0 Å². The number of nitrogens with zero attached hydrogens (tertiary/aromatic N) is 2. The maximum atomic E-state index is 6.07. The quantitative estimate of drug-likeness (QED) is 0.905. The summed E-state index contributed by atoms with van der Waals surface area (Å²) in [4.78, 5) is 4.81. The van der Waals surface area contributed by atoms with E-state index >= 15 is 0 Å². The summed E-state index contributed by atoms with van der Waals surface area (Å²) in [5, 5.41) is 0. The van der Waals surface area contributed by atoms with Gasteiger partial charge in [-0.2, -0.15) is 0 Å². The van der Waals surface area contributed by atoms with E-state index in [2.05, 4.69) is 55.9 Å². The predicted octanol–water partition coefficient (Wildman–Crippen LogP) is 2.16. The van der Waals surface area contributed by atoms with Gasteiger partial charge in [0, 0.05) is 25.3 Å². The van der Waals surface area contributed by atoms with Crippen LogP contribution < -0.4 is 10.6 Å². The first-order chi connectivity index (χ1) is 8.98. The number of rotatable bonds is 3. The van der Waals surface area contributed by atoms with Gasteiger partial charge in [-0.15, -0.1) is 0 Å². The molecule has 0 saturated carbocycles. The van der Waals surface area contributed by atoms with Crippen LogP contribution in [0.3, 0.4) is 0 Å². The molecule has 3 heteroatoms. The molecular formula is C16H27N3. The maximum absolute atomic E-state index is 6.07. The Morgan fingerprint density at radius 3 is 2.63 bits per heavy atom. The highest BCUT2D eigenvalue weighted by atomic mass is 15.3. The second-order valence-electron chi connectivity index (χ2n) is 6.14. The number of benzene rings is 1. The first-order valence-electron chi connectivity index (χ1n) is 7.18. The van der Waals surface area contributed by atoms with Crippen LogP contribution in [-0.2, 0) is 0 Å². The molecule has 1 atom stereocenters. The summed E-state index contributed by atoms with van der Waals surface area (Å²) in [6.45, 7) is 7.25. The monoisotopic (exact) mass is 261 g/mol. The van der Waals surface area contributed by atoms with Crippen LogP contribution in [0.4, 0.5) is 5.69 Å². The fourth-order valence-electron chi connectivity index (χ4n) is 3.19. The number of hydrogen-bond acceptors (Lipinski definition) is 3. The molecule has 1 aliphatic rings. The number of piperidine rings is 1. The Morgan fingerprint density at radius 2 is 2.05 bits per heavy atom. The fraction of sp³-hybridized carbons (Fsp3) is 0.625. The van der Waals surface area contributed by atoms with Gasteiger partial charge < -0.3 is 15.5 Å². The van der Waals surface area contributed by atoms with Crippen molar-refractivity contribution < 1.29 is 0 Å². The minimum atomic E-state index is 0.121. The van der Waals surface area contributed by atoms with Crippen molar-refractivity contribution >= 4 is 5.69 Å². The highest BCUT2D eigenvalue weighted by Gasteiger charge is 2.36. The predicted molar refractivity (Wildman–Crippen MR) is 82.8 cm³/mol. The summed E-state index contributed by atoms with van der Waals surface area (Å²) in [7, 11) is 4.30. The Bertz CT molecular complexity index is 442. The molecule has 1 aliphatic heterocycles. The third-order valence-electron chi connectivity index (χ3n) is 4.58. The van der Waals surface area contributed by atoms with E-state index in [1.807, 2.05) is 0 Å². The van der Waals surface area contributed by atoms with Crippen molar-refractivity contribution in [1.82, 2.24) is 4.90 Å². The van der Waals surface area contributed by atoms with Gasteiger partial charge in [0.1, 0.15) is 0 Å². The molecule has 106 valence electrons. The Morgan fingerprint density at radius 1 is 1.32 bits per heavy atom. The molecule has 2 rings (SSSR count). The summed E-state index contributed by atoms with van der Waals surface area (Å²) >= 11 is 0. The zero-order valence-electron chi connectivity index (χ0n) is 12.7. The summed E-state index contributed by atoms with van der Waals surface area (Å²) in [5.41, 5.74) is 10.3. The van der Waals surface area contributed by atoms with Crippen molar-refractivity contribution in [2.45, 2.75) is 32.2 Å². The lowest BCUT2D eigenvalue weighted by atomic mass is 9.87. The van der Waals surface area contributed by atoms with Crippen molar-refractivity contribution in [3.05, 3.63) is 29.3 Å². The van der Waals surface area contributed by atoms with Crippen LogP contribution in [0.1, 0.15) is 24.0 Å². The molecule has 0 amide bonds.